The molecule has 1 heterocycles. The number of aliphatic carboxylic acids is 1. The van der Waals surface area contributed by atoms with Crippen LogP contribution in [0.15, 0.2) is 12.1 Å². The van der Waals surface area contributed by atoms with E-state index in [0.29, 0.717) is 17.9 Å². The van der Waals surface area contributed by atoms with E-state index in [1.807, 2.05) is 19.1 Å². The molecule has 4 nitrogen and oxygen atoms in total. The SMILES string of the molecule is Cc1ccc2c(c1CCC(=O)O)OCO2. The Hall–Kier alpha value is -1.71. The Morgan fingerprint density at radius 3 is 3.00 bits per heavy atom. The summed E-state index contributed by atoms with van der Waals surface area (Å²) in [7, 11) is 0. The van der Waals surface area contributed by atoms with Gasteiger partial charge >= 0.3 is 5.97 Å². The predicted molar refractivity (Wildman–Crippen MR) is 53.3 cm³/mol. The monoisotopic (exact) mass is 208 g/mol. The van der Waals surface area contributed by atoms with Gasteiger partial charge in [0.2, 0.25) is 6.79 Å². The van der Waals surface area contributed by atoms with Crippen molar-refractivity contribution in [2.75, 3.05) is 6.79 Å². The van der Waals surface area contributed by atoms with Gasteiger partial charge in [0.25, 0.3) is 0 Å². The van der Waals surface area contributed by atoms with E-state index in [1.54, 1.807) is 0 Å². The van der Waals surface area contributed by atoms with Crippen molar-refractivity contribution in [3.8, 4) is 11.5 Å². The van der Waals surface area contributed by atoms with Crippen LogP contribution in [0, 0.1) is 6.92 Å². The van der Waals surface area contributed by atoms with Crippen molar-refractivity contribution in [3.05, 3.63) is 23.3 Å². The second kappa shape index (κ2) is 3.81. The fourth-order valence-electron chi connectivity index (χ4n) is 1.67. The van der Waals surface area contributed by atoms with Gasteiger partial charge in [-0.3, -0.25) is 4.79 Å². The van der Waals surface area contributed by atoms with Crippen molar-refractivity contribution >= 4 is 5.97 Å². The molecule has 0 saturated carbocycles. The third-order valence-electron chi connectivity index (χ3n) is 2.47. The largest absolute Gasteiger partial charge is 0.481 e. The summed E-state index contributed by atoms with van der Waals surface area (Å²) in [4.78, 5) is 10.5. The van der Waals surface area contributed by atoms with Crippen LogP contribution in [0.3, 0.4) is 0 Å². The quantitative estimate of drug-likeness (QED) is 0.822. The van der Waals surface area contributed by atoms with Gasteiger partial charge in [-0.1, -0.05) is 6.07 Å². The maximum absolute atomic E-state index is 10.5. The lowest BCUT2D eigenvalue weighted by Gasteiger charge is -2.07. The van der Waals surface area contributed by atoms with Gasteiger partial charge in [0.15, 0.2) is 11.5 Å². The van der Waals surface area contributed by atoms with Crippen LogP contribution < -0.4 is 9.47 Å². The Morgan fingerprint density at radius 2 is 2.27 bits per heavy atom. The highest BCUT2D eigenvalue weighted by Crippen LogP contribution is 2.37. The van der Waals surface area contributed by atoms with Crippen molar-refractivity contribution in [2.45, 2.75) is 19.8 Å². The summed E-state index contributed by atoms with van der Waals surface area (Å²) < 4.78 is 10.6. The van der Waals surface area contributed by atoms with Crippen LogP contribution >= 0.6 is 0 Å². The van der Waals surface area contributed by atoms with Crippen molar-refractivity contribution in [2.24, 2.45) is 0 Å². The number of benzene rings is 1. The normalized spacial score (nSPS) is 12.9. The number of aryl methyl sites for hydroxylation is 1. The lowest BCUT2D eigenvalue weighted by atomic mass is 10.0. The fourth-order valence-corrected chi connectivity index (χ4v) is 1.67. The molecule has 80 valence electrons. The van der Waals surface area contributed by atoms with E-state index in [0.717, 1.165) is 11.1 Å². The van der Waals surface area contributed by atoms with Gasteiger partial charge in [0.1, 0.15) is 0 Å². The van der Waals surface area contributed by atoms with Gasteiger partial charge in [-0.05, 0) is 25.0 Å². The smallest absolute Gasteiger partial charge is 0.303 e. The highest BCUT2D eigenvalue weighted by Gasteiger charge is 2.19. The number of rotatable bonds is 3. The van der Waals surface area contributed by atoms with Crippen LogP contribution in [0.4, 0.5) is 0 Å². The Bertz CT molecular complexity index is 398. The van der Waals surface area contributed by atoms with Crippen LogP contribution in [0.5, 0.6) is 11.5 Å². The number of hydrogen-bond acceptors (Lipinski definition) is 3. The first-order valence-corrected chi connectivity index (χ1v) is 4.78. The molecule has 0 spiro atoms. The van der Waals surface area contributed by atoms with Crippen LogP contribution in [0.1, 0.15) is 17.5 Å². The van der Waals surface area contributed by atoms with Gasteiger partial charge in [-0.2, -0.15) is 0 Å². The van der Waals surface area contributed by atoms with E-state index < -0.39 is 5.97 Å². The lowest BCUT2D eigenvalue weighted by Crippen LogP contribution is -2.00. The summed E-state index contributed by atoms with van der Waals surface area (Å²) in [5.74, 6) is 0.614. The molecule has 1 aromatic rings. The van der Waals surface area contributed by atoms with Gasteiger partial charge in [0.05, 0.1) is 0 Å². The molecule has 2 rings (SSSR count). The molecule has 1 aliphatic rings. The van der Waals surface area contributed by atoms with Crippen molar-refractivity contribution in [1.82, 2.24) is 0 Å². The molecule has 0 bridgehead atoms. The minimum atomic E-state index is -0.800. The van der Waals surface area contributed by atoms with Gasteiger partial charge in [-0.25, -0.2) is 0 Å². The summed E-state index contributed by atoms with van der Waals surface area (Å²) in [6.45, 7) is 2.16. The van der Waals surface area contributed by atoms with Crippen LogP contribution in [-0.2, 0) is 11.2 Å². The average molecular weight is 208 g/mol. The molecule has 0 aliphatic carbocycles. The number of fused-ring (bicyclic) bond motifs is 1. The maximum Gasteiger partial charge on any atom is 0.303 e. The molecule has 1 N–H and O–H groups in total. The van der Waals surface area contributed by atoms with E-state index in [4.69, 9.17) is 14.6 Å². The van der Waals surface area contributed by atoms with Crippen molar-refractivity contribution in [3.63, 3.8) is 0 Å². The topological polar surface area (TPSA) is 55.8 Å². The number of carboxylic acids is 1. The molecule has 0 aromatic heterocycles. The Kier molecular flexibility index (Phi) is 2.49. The molecule has 4 heteroatoms. The summed E-state index contributed by atoms with van der Waals surface area (Å²) >= 11 is 0. The van der Waals surface area contributed by atoms with Crippen molar-refractivity contribution in [1.29, 1.82) is 0 Å². The molecular weight excluding hydrogens is 196 g/mol. The molecular formula is C11H12O4. The zero-order chi connectivity index (χ0) is 10.8. The van der Waals surface area contributed by atoms with Gasteiger partial charge < -0.3 is 14.6 Å². The average Bonchev–Trinajstić information content (AvgIpc) is 2.63. The van der Waals surface area contributed by atoms with Gasteiger partial charge in [0, 0.05) is 12.0 Å². The van der Waals surface area contributed by atoms with E-state index in [9.17, 15) is 4.79 Å². The molecule has 1 aliphatic heterocycles. The highest BCUT2D eigenvalue weighted by molar-refractivity contribution is 5.67. The minimum Gasteiger partial charge on any atom is -0.481 e. The second-order valence-corrected chi connectivity index (χ2v) is 3.49. The highest BCUT2D eigenvalue weighted by atomic mass is 16.7. The fraction of sp³-hybridized carbons (Fsp3) is 0.364. The number of hydrogen-bond donors (Lipinski definition) is 1. The molecule has 0 unspecified atom stereocenters. The molecule has 0 fully saturated rings. The van der Waals surface area contributed by atoms with E-state index in [-0.39, 0.29) is 13.2 Å². The minimum absolute atomic E-state index is 0.112. The number of ether oxygens (including phenoxy) is 2. The first-order valence-electron chi connectivity index (χ1n) is 4.78. The predicted octanol–water partition coefficient (Wildman–Crippen LogP) is 1.74. The van der Waals surface area contributed by atoms with Crippen LogP contribution in [-0.4, -0.2) is 17.9 Å². The third-order valence-corrected chi connectivity index (χ3v) is 2.47. The molecule has 0 radical (unpaired) electrons. The Labute approximate surface area is 87.4 Å². The summed E-state index contributed by atoms with van der Waals surface area (Å²) in [5, 5.41) is 8.64. The first kappa shape index (κ1) is 9.83. The van der Waals surface area contributed by atoms with Gasteiger partial charge in [-0.15, -0.1) is 0 Å². The summed E-state index contributed by atoms with van der Waals surface area (Å²) in [5.41, 5.74) is 1.98. The van der Waals surface area contributed by atoms with Crippen LogP contribution in [0.25, 0.3) is 0 Å². The van der Waals surface area contributed by atoms with Crippen molar-refractivity contribution < 1.29 is 19.4 Å². The maximum atomic E-state index is 10.5. The Morgan fingerprint density at radius 1 is 1.47 bits per heavy atom. The number of carboxylic acid groups (broad SMARTS) is 1. The Balaban J connectivity index is 2.28. The zero-order valence-corrected chi connectivity index (χ0v) is 8.45. The lowest BCUT2D eigenvalue weighted by molar-refractivity contribution is -0.136. The van der Waals surface area contributed by atoms with E-state index in [1.165, 1.54) is 0 Å². The molecule has 0 saturated heterocycles. The van der Waals surface area contributed by atoms with E-state index in [2.05, 4.69) is 0 Å². The second-order valence-electron chi connectivity index (χ2n) is 3.49. The summed E-state index contributed by atoms with van der Waals surface area (Å²) in [6.07, 6.45) is 0.592. The molecule has 0 amide bonds. The van der Waals surface area contributed by atoms with Crippen LogP contribution in [0.2, 0.25) is 0 Å². The zero-order valence-electron chi connectivity index (χ0n) is 8.45. The van der Waals surface area contributed by atoms with E-state index >= 15 is 0 Å². The standard InChI is InChI=1S/C11H12O4/c1-7-2-4-9-11(15-6-14-9)8(7)3-5-10(12)13/h2,4H,3,5-6H2,1H3,(H,12,13). The molecule has 1 aromatic carbocycles. The number of carbonyl (C=O) groups is 1. The molecule has 0 atom stereocenters. The summed E-state index contributed by atoms with van der Waals surface area (Å²) in [6, 6.07) is 3.77. The first-order chi connectivity index (χ1) is 7.18. The third kappa shape index (κ3) is 1.88. The molecule has 15 heavy (non-hydrogen) atoms.